The van der Waals surface area contributed by atoms with Gasteiger partial charge in [0.1, 0.15) is 5.75 Å². The van der Waals surface area contributed by atoms with E-state index in [-0.39, 0.29) is 4.90 Å². The summed E-state index contributed by atoms with van der Waals surface area (Å²) < 4.78 is 33.3. The average molecular weight is 392 g/mol. The number of hydrogen-bond acceptors (Lipinski definition) is 3. The van der Waals surface area contributed by atoms with Crippen LogP contribution in [0, 0.1) is 0 Å². The molecule has 0 saturated heterocycles. The minimum atomic E-state index is -3.67. The zero-order chi connectivity index (χ0) is 16.4. The first-order valence-corrected chi connectivity index (χ1v) is 9.12. The summed E-state index contributed by atoms with van der Waals surface area (Å²) in [6, 6.07) is 17.9. The molecule has 0 aliphatic heterocycles. The maximum absolute atomic E-state index is 12.5. The Morgan fingerprint density at radius 2 is 1.70 bits per heavy atom. The Hall–Kier alpha value is -2.05. The van der Waals surface area contributed by atoms with Crippen LogP contribution in [0.25, 0.3) is 10.8 Å². The van der Waals surface area contributed by atoms with Crippen LogP contribution < -0.4 is 9.46 Å². The Bertz CT molecular complexity index is 970. The Morgan fingerprint density at radius 1 is 0.957 bits per heavy atom. The first-order valence-electron chi connectivity index (χ1n) is 6.85. The number of sulfonamides is 1. The Labute approximate surface area is 143 Å². The van der Waals surface area contributed by atoms with Gasteiger partial charge >= 0.3 is 0 Å². The summed E-state index contributed by atoms with van der Waals surface area (Å²) >= 11 is 3.30. The van der Waals surface area contributed by atoms with Gasteiger partial charge < -0.3 is 4.74 Å². The number of nitrogens with one attached hydrogen (secondary N) is 1. The van der Waals surface area contributed by atoms with E-state index in [0.29, 0.717) is 15.9 Å². The molecule has 3 aromatic rings. The fraction of sp³-hybridized carbons (Fsp3) is 0.0588. The van der Waals surface area contributed by atoms with Crippen molar-refractivity contribution in [3.8, 4) is 5.75 Å². The van der Waals surface area contributed by atoms with Crippen molar-refractivity contribution in [1.29, 1.82) is 0 Å². The van der Waals surface area contributed by atoms with Crippen molar-refractivity contribution in [3.63, 3.8) is 0 Å². The lowest BCUT2D eigenvalue weighted by atomic mass is 10.1. The number of anilines is 1. The summed E-state index contributed by atoms with van der Waals surface area (Å²) in [5.41, 5.74) is 0.524. The predicted molar refractivity (Wildman–Crippen MR) is 95.5 cm³/mol. The Balaban J connectivity index is 1.94. The van der Waals surface area contributed by atoms with Crippen LogP contribution >= 0.6 is 15.9 Å². The lowest BCUT2D eigenvalue weighted by Gasteiger charge is -2.10. The third-order valence-corrected chi connectivity index (χ3v) is 5.43. The average Bonchev–Trinajstić information content (AvgIpc) is 2.54. The van der Waals surface area contributed by atoms with Crippen LogP contribution in [0.5, 0.6) is 5.75 Å². The molecule has 0 radical (unpaired) electrons. The standard InChI is InChI=1S/C17H14BrNO3S/c1-22-17-9-8-15(11-16(17)18)23(20,21)19-14-7-6-12-4-2-3-5-13(12)10-14/h2-11,19H,1H3. The van der Waals surface area contributed by atoms with Gasteiger partial charge in [0.25, 0.3) is 10.0 Å². The minimum absolute atomic E-state index is 0.165. The molecule has 0 saturated carbocycles. The zero-order valence-corrected chi connectivity index (χ0v) is 14.7. The van der Waals surface area contributed by atoms with Crippen LogP contribution in [0.1, 0.15) is 0 Å². The van der Waals surface area contributed by atoms with E-state index in [1.165, 1.54) is 19.2 Å². The van der Waals surface area contributed by atoms with E-state index < -0.39 is 10.0 Å². The van der Waals surface area contributed by atoms with Crippen LogP contribution in [-0.2, 0) is 10.0 Å². The number of benzene rings is 3. The molecule has 6 heteroatoms. The summed E-state index contributed by atoms with van der Waals surface area (Å²) in [6.07, 6.45) is 0. The van der Waals surface area contributed by atoms with Crippen LogP contribution in [0.3, 0.4) is 0 Å². The van der Waals surface area contributed by atoms with Gasteiger partial charge in [0.2, 0.25) is 0 Å². The van der Waals surface area contributed by atoms with Gasteiger partial charge in [0, 0.05) is 5.69 Å². The van der Waals surface area contributed by atoms with E-state index in [1.807, 2.05) is 36.4 Å². The minimum Gasteiger partial charge on any atom is -0.496 e. The van der Waals surface area contributed by atoms with E-state index in [2.05, 4.69) is 20.7 Å². The third kappa shape index (κ3) is 3.33. The molecule has 0 fully saturated rings. The molecular formula is C17H14BrNO3S. The molecule has 0 aliphatic rings. The van der Waals surface area contributed by atoms with Crippen LogP contribution in [0.2, 0.25) is 0 Å². The molecule has 0 spiro atoms. The monoisotopic (exact) mass is 391 g/mol. The topological polar surface area (TPSA) is 55.4 Å². The van der Waals surface area contributed by atoms with E-state index in [1.54, 1.807) is 12.1 Å². The number of rotatable bonds is 4. The molecule has 3 rings (SSSR count). The number of ether oxygens (including phenoxy) is 1. The van der Waals surface area contributed by atoms with Crippen molar-refractivity contribution in [1.82, 2.24) is 0 Å². The molecule has 3 aromatic carbocycles. The molecule has 0 bridgehead atoms. The van der Waals surface area contributed by atoms with E-state index in [0.717, 1.165) is 10.8 Å². The van der Waals surface area contributed by atoms with Crippen LogP contribution in [0.15, 0.2) is 70.0 Å². The van der Waals surface area contributed by atoms with E-state index in [4.69, 9.17) is 4.74 Å². The normalized spacial score (nSPS) is 11.4. The number of hydrogen-bond donors (Lipinski definition) is 1. The van der Waals surface area contributed by atoms with Crippen LogP contribution in [-0.4, -0.2) is 15.5 Å². The molecule has 23 heavy (non-hydrogen) atoms. The van der Waals surface area contributed by atoms with E-state index in [9.17, 15) is 8.42 Å². The fourth-order valence-electron chi connectivity index (χ4n) is 2.28. The van der Waals surface area contributed by atoms with Gasteiger partial charge in [0.15, 0.2) is 0 Å². The largest absolute Gasteiger partial charge is 0.496 e. The quantitative estimate of drug-likeness (QED) is 0.716. The second-order valence-corrected chi connectivity index (χ2v) is 7.50. The summed E-state index contributed by atoms with van der Waals surface area (Å²) in [4.78, 5) is 0.165. The summed E-state index contributed by atoms with van der Waals surface area (Å²) in [5, 5.41) is 2.03. The molecule has 0 heterocycles. The molecule has 0 aromatic heterocycles. The highest BCUT2D eigenvalue weighted by molar-refractivity contribution is 9.10. The van der Waals surface area contributed by atoms with Crippen molar-refractivity contribution in [2.75, 3.05) is 11.8 Å². The number of methoxy groups -OCH3 is 1. The van der Waals surface area contributed by atoms with Crippen molar-refractivity contribution in [3.05, 3.63) is 65.1 Å². The molecule has 0 atom stereocenters. The highest BCUT2D eigenvalue weighted by atomic mass is 79.9. The van der Waals surface area contributed by atoms with Gasteiger partial charge in [-0.1, -0.05) is 30.3 Å². The number of fused-ring (bicyclic) bond motifs is 1. The zero-order valence-electron chi connectivity index (χ0n) is 12.3. The van der Waals surface area contributed by atoms with Gasteiger partial charge in [-0.2, -0.15) is 0 Å². The maximum atomic E-state index is 12.5. The second kappa shape index (κ2) is 6.22. The van der Waals surface area contributed by atoms with Crippen molar-refractivity contribution in [2.45, 2.75) is 4.90 Å². The molecule has 0 aliphatic carbocycles. The van der Waals surface area contributed by atoms with Gasteiger partial charge in [-0.05, 0) is 57.0 Å². The van der Waals surface area contributed by atoms with Crippen molar-refractivity contribution < 1.29 is 13.2 Å². The third-order valence-electron chi connectivity index (χ3n) is 3.44. The smallest absolute Gasteiger partial charge is 0.261 e. The molecular weight excluding hydrogens is 378 g/mol. The fourth-order valence-corrected chi connectivity index (χ4v) is 4.05. The molecule has 0 amide bonds. The van der Waals surface area contributed by atoms with Gasteiger partial charge in [-0.3, -0.25) is 4.72 Å². The van der Waals surface area contributed by atoms with Gasteiger partial charge in [0.05, 0.1) is 16.5 Å². The molecule has 1 N–H and O–H groups in total. The Kier molecular flexibility index (Phi) is 4.28. The second-order valence-electron chi connectivity index (χ2n) is 4.96. The molecule has 4 nitrogen and oxygen atoms in total. The lowest BCUT2D eigenvalue weighted by Crippen LogP contribution is -2.13. The van der Waals surface area contributed by atoms with Crippen molar-refractivity contribution in [2.24, 2.45) is 0 Å². The first-order chi connectivity index (χ1) is 11.0. The van der Waals surface area contributed by atoms with Gasteiger partial charge in [-0.15, -0.1) is 0 Å². The molecule has 118 valence electrons. The van der Waals surface area contributed by atoms with Crippen LogP contribution in [0.4, 0.5) is 5.69 Å². The predicted octanol–water partition coefficient (Wildman–Crippen LogP) is 4.41. The Morgan fingerprint density at radius 3 is 2.39 bits per heavy atom. The summed E-state index contributed by atoms with van der Waals surface area (Å²) in [5.74, 6) is 0.578. The SMILES string of the molecule is COc1ccc(S(=O)(=O)Nc2ccc3ccccc3c2)cc1Br. The summed E-state index contributed by atoms with van der Waals surface area (Å²) in [7, 11) is -2.14. The number of halogens is 1. The van der Waals surface area contributed by atoms with Crippen molar-refractivity contribution >= 4 is 42.4 Å². The first kappa shape index (κ1) is 15.8. The molecule has 0 unspecified atom stereocenters. The van der Waals surface area contributed by atoms with Gasteiger partial charge in [-0.25, -0.2) is 8.42 Å². The highest BCUT2D eigenvalue weighted by Gasteiger charge is 2.16. The highest BCUT2D eigenvalue weighted by Crippen LogP contribution is 2.28. The summed E-state index contributed by atoms with van der Waals surface area (Å²) in [6.45, 7) is 0. The maximum Gasteiger partial charge on any atom is 0.261 e. The van der Waals surface area contributed by atoms with E-state index >= 15 is 0 Å². The lowest BCUT2D eigenvalue weighted by molar-refractivity contribution is 0.411.